The molecule has 0 aliphatic heterocycles. The quantitative estimate of drug-likeness (QED) is 0.285. The molecule has 9 heteroatoms. The highest BCUT2D eigenvalue weighted by molar-refractivity contribution is 7.90. The summed E-state index contributed by atoms with van der Waals surface area (Å²) >= 11 is 0. The van der Waals surface area contributed by atoms with Gasteiger partial charge in [0.2, 0.25) is 0 Å². The van der Waals surface area contributed by atoms with Gasteiger partial charge in [-0.3, -0.25) is 9.59 Å². The lowest BCUT2D eigenvalue weighted by molar-refractivity contribution is 0.0945. The van der Waals surface area contributed by atoms with Crippen LogP contribution in [0.4, 0.5) is 0 Å². The van der Waals surface area contributed by atoms with Gasteiger partial charge in [-0.05, 0) is 61.1 Å². The Kier molecular flexibility index (Phi) is 7.45. The average molecular weight is 570 g/mol. The molecule has 1 saturated carbocycles. The first-order valence-electron chi connectivity index (χ1n) is 13.9. The number of benzene rings is 3. The second-order valence-electron chi connectivity index (χ2n) is 10.6. The van der Waals surface area contributed by atoms with E-state index in [0.717, 1.165) is 18.4 Å². The number of hydrogen-bond donors (Lipinski definition) is 1. The molecule has 210 valence electrons. The number of amides is 1. The number of aromatic nitrogens is 2. The summed E-state index contributed by atoms with van der Waals surface area (Å²) in [5, 5.41) is 2.90. The van der Waals surface area contributed by atoms with Crippen LogP contribution >= 0.6 is 0 Å². The number of fused-ring (bicyclic) bond motifs is 1. The number of carbonyl (C=O) groups is 2. The van der Waals surface area contributed by atoms with E-state index in [1.54, 1.807) is 42.9 Å². The van der Waals surface area contributed by atoms with Crippen LogP contribution in [0, 0.1) is 0 Å². The van der Waals surface area contributed by atoms with Gasteiger partial charge in [0.05, 0.1) is 29.1 Å². The summed E-state index contributed by atoms with van der Waals surface area (Å²) in [5.41, 5.74) is 2.77. The number of ketones is 1. The molecule has 1 aromatic heterocycles. The van der Waals surface area contributed by atoms with Crippen molar-refractivity contribution in [1.82, 2.24) is 14.9 Å². The zero-order chi connectivity index (χ0) is 28.4. The standard InChI is InChI=1S/C32H31N3O5S/c36-28-11-6-10-24-25(28)15-16-29(40-30(19-35-18-17-33-21-35)22-7-2-1-3-8-22)27(24)20-41(38,39)31-12-5-4-9-26(31)32(37)34-23-13-14-23/h1-5,7-9,12,15-18,21,23,30H,6,10-11,13-14,19-20H2,(H,34,37)/t30-/m1/s1. The highest BCUT2D eigenvalue weighted by atomic mass is 32.2. The van der Waals surface area contributed by atoms with E-state index >= 15 is 0 Å². The predicted octanol–water partition coefficient (Wildman–Crippen LogP) is 5.09. The maximum Gasteiger partial charge on any atom is 0.252 e. The number of hydrogen-bond acceptors (Lipinski definition) is 6. The number of imidazole rings is 1. The minimum atomic E-state index is -4.00. The third-order valence-corrected chi connectivity index (χ3v) is 9.30. The van der Waals surface area contributed by atoms with E-state index in [4.69, 9.17) is 4.74 Å². The van der Waals surface area contributed by atoms with Crippen molar-refractivity contribution in [3.05, 3.63) is 113 Å². The maximum absolute atomic E-state index is 14.0. The van der Waals surface area contributed by atoms with E-state index in [1.807, 2.05) is 41.1 Å². The fraction of sp³-hybridized carbons (Fsp3) is 0.281. The Morgan fingerprint density at radius 1 is 1.02 bits per heavy atom. The van der Waals surface area contributed by atoms with Crippen LogP contribution in [0.25, 0.3) is 0 Å². The highest BCUT2D eigenvalue weighted by Gasteiger charge is 2.31. The Morgan fingerprint density at radius 2 is 1.80 bits per heavy atom. The van der Waals surface area contributed by atoms with Gasteiger partial charge >= 0.3 is 0 Å². The minimum Gasteiger partial charge on any atom is -0.484 e. The fourth-order valence-corrected chi connectivity index (χ4v) is 6.98. The van der Waals surface area contributed by atoms with Gasteiger partial charge in [0, 0.05) is 36.0 Å². The van der Waals surface area contributed by atoms with Crippen molar-refractivity contribution in [3.8, 4) is 5.75 Å². The number of nitrogens with zero attached hydrogens (tertiary/aromatic N) is 2. The second kappa shape index (κ2) is 11.3. The van der Waals surface area contributed by atoms with Crippen LogP contribution in [0.2, 0.25) is 0 Å². The number of rotatable bonds is 10. The molecule has 0 bridgehead atoms. The summed E-state index contributed by atoms with van der Waals surface area (Å²) in [4.78, 5) is 29.9. The topological polar surface area (TPSA) is 107 Å². The molecule has 41 heavy (non-hydrogen) atoms. The molecule has 0 unspecified atom stereocenters. The van der Waals surface area contributed by atoms with E-state index < -0.39 is 21.8 Å². The largest absolute Gasteiger partial charge is 0.484 e. The second-order valence-corrected chi connectivity index (χ2v) is 12.6. The first-order chi connectivity index (χ1) is 19.9. The van der Waals surface area contributed by atoms with Gasteiger partial charge in [-0.1, -0.05) is 42.5 Å². The molecular weight excluding hydrogens is 538 g/mol. The lowest BCUT2D eigenvalue weighted by Gasteiger charge is -2.26. The van der Waals surface area contributed by atoms with E-state index in [2.05, 4.69) is 10.3 Å². The Balaban J connectivity index is 1.40. The Morgan fingerprint density at radius 3 is 2.56 bits per heavy atom. The third-order valence-electron chi connectivity index (χ3n) is 7.61. The van der Waals surface area contributed by atoms with Crippen molar-refractivity contribution in [3.63, 3.8) is 0 Å². The van der Waals surface area contributed by atoms with Crippen molar-refractivity contribution in [1.29, 1.82) is 0 Å². The van der Waals surface area contributed by atoms with Gasteiger partial charge < -0.3 is 14.6 Å². The van der Waals surface area contributed by atoms with Gasteiger partial charge in [0.25, 0.3) is 5.91 Å². The van der Waals surface area contributed by atoms with Gasteiger partial charge in [-0.15, -0.1) is 0 Å². The lowest BCUT2D eigenvalue weighted by atomic mass is 9.87. The van der Waals surface area contributed by atoms with E-state index in [1.165, 1.54) is 6.07 Å². The molecule has 1 fully saturated rings. The molecule has 0 spiro atoms. The Hall–Kier alpha value is -4.24. The van der Waals surface area contributed by atoms with Crippen molar-refractivity contribution in [2.24, 2.45) is 0 Å². The van der Waals surface area contributed by atoms with E-state index in [0.29, 0.717) is 48.2 Å². The molecule has 1 amide bonds. The highest BCUT2D eigenvalue weighted by Crippen LogP contribution is 2.37. The smallest absolute Gasteiger partial charge is 0.252 e. The fourth-order valence-electron chi connectivity index (χ4n) is 5.35. The van der Waals surface area contributed by atoms with Crippen LogP contribution in [0.1, 0.15) is 69.2 Å². The molecule has 8 nitrogen and oxygen atoms in total. The SMILES string of the molecule is O=C(NC1CC1)c1ccccc1S(=O)(=O)Cc1c(O[C@H](Cn2ccnc2)c2ccccc2)ccc2c1CCCC2=O. The maximum atomic E-state index is 14.0. The van der Waals surface area contributed by atoms with Gasteiger partial charge in [0.15, 0.2) is 15.6 Å². The predicted molar refractivity (Wildman–Crippen MR) is 154 cm³/mol. The zero-order valence-corrected chi connectivity index (χ0v) is 23.3. The van der Waals surface area contributed by atoms with Crippen LogP contribution in [-0.4, -0.2) is 35.7 Å². The summed E-state index contributed by atoms with van der Waals surface area (Å²) in [6.07, 6.45) is 8.24. The zero-order valence-electron chi connectivity index (χ0n) is 22.5. The molecule has 6 rings (SSSR count). The van der Waals surface area contributed by atoms with Crippen molar-refractivity contribution in [2.45, 2.75) is 61.4 Å². The van der Waals surface area contributed by atoms with Gasteiger partial charge in [-0.25, -0.2) is 13.4 Å². The van der Waals surface area contributed by atoms with Crippen molar-refractivity contribution in [2.75, 3.05) is 0 Å². The Labute approximate surface area is 239 Å². The monoisotopic (exact) mass is 569 g/mol. The van der Waals surface area contributed by atoms with Crippen LogP contribution in [0.15, 0.2) is 90.3 Å². The van der Waals surface area contributed by atoms with E-state index in [-0.39, 0.29) is 28.0 Å². The van der Waals surface area contributed by atoms with Crippen molar-refractivity contribution >= 4 is 21.5 Å². The van der Waals surface area contributed by atoms with Crippen LogP contribution < -0.4 is 10.1 Å². The minimum absolute atomic E-state index is 0.00122. The lowest BCUT2D eigenvalue weighted by Crippen LogP contribution is -2.27. The van der Waals surface area contributed by atoms with Crippen molar-refractivity contribution < 1.29 is 22.7 Å². The molecule has 1 N–H and O–H groups in total. The number of nitrogens with one attached hydrogen (secondary N) is 1. The molecule has 0 radical (unpaired) electrons. The van der Waals surface area contributed by atoms with Crippen LogP contribution in [0.5, 0.6) is 5.75 Å². The average Bonchev–Trinajstić information content (AvgIpc) is 3.65. The summed E-state index contributed by atoms with van der Waals surface area (Å²) in [7, 11) is -4.00. The molecule has 4 aromatic rings. The molecule has 2 aliphatic carbocycles. The van der Waals surface area contributed by atoms with Crippen LogP contribution in [0.3, 0.4) is 0 Å². The number of sulfone groups is 1. The molecule has 1 atom stereocenters. The number of ether oxygens (including phenoxy) is 1. The van der Waals surface area contributed by atoms with Crippen LogP contribution in [-0.2, 0) is 28.6 Å². The molecule has 1 heterocycles. The first kappa shape index (κ1) is 27.0. The summed E-state index contributed by atoms with van der Waals surface area (Å²) in [6.45, 7) is 0.455. The van der Waals surface area contributed by atoms with Gasteiger partial charge in [-0.2, -0.15) is 0 Å². The summed E-state index contributed by atoms with van der Waals surface area (Å²) in [5.74, 6) is -0.369. The molecule has 0 saturated heterocycles. The Bertz CT molecular complexity index is 1680. The number of Topliss-reactive ketones (excluding diaryl/α,β-unsaturated/α-hetero) is 1. The third kappa shape index (κ3) is 5.95. The normalized spacial score (nSPS) is 15.7. The summed E-state index contributed by atoms with van der Waals surface area (Å²) in [6, 6.07) is 19.6. The molecular formula is C32H31N3O5S. The summed E-state index contributed by atoms with van der Waals surface area (Å²) < 4.78 is 36.6. The first-order valence-corrected chi connectivity index (χ1v) is 15.5. The molecule has 3 aromatic carbocycles. The van der Waals surface area contributed by atoms with E-state index in [9.17, 15) is 18.0 Å². The molecule has 2 aliphatic rings. The number of carbonyl (C=O) groups excluding carboxylic acids is 2. The van der Waals surface area contributed by atoms with Gasteiger partial charge in [0.1, 0.15) is 11.9 Å².